The molecule has 0 aliphatic carbocycles. The van der Waals surface area contributed by atoms with E-state index in [0.29, 0.717) is 42.0 Å². The number of carbonyl (C=O) groups is 1. The van der Waals surface area contributed by atoms with E-state index in [-0.39, 0.29) is 18.0 Å². The molecule has 1 amide bonds. The highest BCUT2D eigenvalue weighted by Crippen LogP contribution is 2.33. The third-order valence-electron chi connectivity index (χ3n) is 6.41. The molecule has 0 saturated carbocycles. The number of nitrogens with two attached hydrogens (primary N) is 1. The number of aliphatic hydroxyl groups is 1. The van der Waals surface area contributed by atoms with Gasteiger partial charge in [-0.3, -0.25) is 9.59 Å². The molecular formula is C30H36N4O3. The molecule has 4 rings (SSSR count). The van der Waals surface area contributed by atoms with Crippen molar-refractivity contribution in [2.75, 3.05) is 13.1 Å². The summed E-state index contributed by atoms with van der Waals surface area (Å²) in [6.07, 6.45) is 5.73. The minimum atomic E-state index is -0.998. The zero-order valence-corrected chi connectivity index (χ0v) is 22.1. The third-order valence-corrected chi connectivity index (χ3v) is 6.41. The van der Waals surface area contributed by atoms with Crippen LogP contribution < -0.4 is 11.3 Å². The van der Waals surface area contributed by atoms with Crippen molar-refractivity contribution in [3.8, 4) is 11.1 Å². The molecule has 1 aromatic heterocycles. The number of benzene rings is 2. The average Bonchev–Trinajstić information content (AvgIpc) is 3.01. The van der Waals surface area contributed by atoms with Crippen LogP contribution in [0.15, 0.2) is 64.0 Å². The number of carbonyl (C=O) groups excluding carboxylic acids is 1. The summed E-state index contributed by atoms with van der Waals surface area (Å²) in [6, 6.07) is 13.5. The number of hydrogen-bond donors (Lipinski definition) is 2. The van der Waals surface area contributed by atoms with Gasteiger partial charge in [0.1, 0.15) is 5.84 Å². The minimum absolute atomic E-state index is 0.00985. The van der Waals surface area contributed by atoms with E-state index in [0.717, 1.165) is 34.9 Å². The molecule has 0 saturated heterocycles. The van der Waals surface area contributed by atoms with Crippen LogP contribution in [0.1, 0.15) is 52.5 Å². The van der Waals surface area contributed by atoms with Crippen molar-refractivity contribution in [1.82, 2.24) is 9.47 Å². The number of hydrogen-bond acceptors (Lipinski definition) is 5. The van der Waals surface area contributed by atoms with E-state index in [1.165, 1.54) is 4.57 Å². The van der Waals surface area contributed by atoms with Crippen LogP contribution >= 0.6 is 0 Å². The van der Waals surface area contributed by atoms with Gasteiger partial charge in [-0.25, -0.2) is 4.99 Å². The van der Waals surface area contributed by atoms with Gasteiger partial charge in [0.15, 0.2) is 0 Å². The zero-order valence-electron chi connectivity index (χ0n) is 22.1. The summed E-state index contributed by atoms with van der Waals surface area (Å²) in [5.41, 5.74) is 9.07. The Balaban J connectivity index is 1.72. The van der Waals surface area contributed by atoms with Gasteiger partial charge in [0.05, 0.1) is 17.8 Å². The van der Waals surface area contributed by atoms with Crippen molar-refractivity contribution in [3.63, 3.8) is 0 Å². The normalized spacial score (nSPS) is 13.5. The molecule has 0 atom stereocenters. The van der Waals surface area contributed by atoms with Crippen molar-refractivity contribution in [2.45, 2.75) is 59.1 Å². The second-order valence-corrected chi connectivity index (χ2v) is 10.4. The number of aromatic nitrogens is 1. The van der Waals surface area contributed by atoms with Crippen molar-refractivity contribution in [2.24, 2.45) is 10.7 Å². The Morgan fingerprint density at radius 1 is 1.08 bits per heavy atom. The second-order valence-electron chi connectivity index (χ2n) is 10.4. The molecule has 3 aromatic rings. The predicted molar refractivity (Wildman–Crippen MR) is 151 cm³/mol. The number of nitrogens with zero attached hydrogens (tertiary/aromatic N) is 3. The first-order valence-electron chi connectivity index (χ1n) is 12.9. The van der Waals surface area contributed by atoms with Gasteiger partial charge in [-0.1, -0.05) is 38.1 Å². The first-order valence-corrected chi connectivity index (χ1v) is 12.9. The van der Waals surface area contributed by atoms with Crippen molar-refractivity contribution >= 4 is 34.3 Å². The molecule has 1 aliphatic rings. The summed E-state index contributed by atoms with van der Waals surface area (Å²) in [5.74, 6) is 0.409. The van der Waals surface area contributed by atoms with Crippen LogP contribution in [0.4, 0.5) is 5.69 Å². The van der Waals surface area contributed by atoms with E-state index in [4.69, 9.17) is 5.73 Å². The summed E-state index contributed by atoms with van der Waals surface area (Å²) in [4.78, 5) is 32.9. The van der Waals surface area contributed by atoms with Crippen molar-refractivity contribution < 1.29 is 9.90 Å². The quantitative estimate of drug-likeness (QED) is 0.461. The van der Waals surface area contributed by atoms with Crippen LogP contribution in [0, 0.1) is 0 Å². The molecule has 2 heterocycles. The van der Waals surface area contributed by atoms with Crippen LogP contribution in [-0.2, 0) is 11.3 Å². The molecule has 0 bridgehead atoms. The maximum Gasteiger partial charge on any atom is 0.258 e. The lowest BCUT2D eigenvalue weighted by Crippen LogP contribution is -2.34. The summed E-state index contributed by atoms with van der Waals surface area (Å²) < 4.78 is 1.54. The van der Waals surface area contributed by atoms with Gasteiger partial charge in [-0.15, -0.1) is 0 Å². The van der Waals surface area contributed by atoms with Crippen LogP contribution in [0.3, 0.4) is 0 Å². The van der Waals surface area contributed by atoms with Crippen LogP contribution in [0.5, 0.6) is 0 Å². The standard InChI is InChI=1S/C30H36N4O3/c1-5-12-33(13-6-2)28(35)24-15-23-10-9-22(17-26(23)32-27(31)18-24)21-8-7-20-11-14-34(19-30(3,4)37)29(36)25(20)16-21/h7-11,14-17,37H,5-6,12-13,18-19H2,1-4H3,(H2,31,32). The van der Waals surface area contributed by atoms with Gasteiger partial charge in [0.2, 0.25) is 5.91 Å². The fourth-order valence-corrected chi connectivity index (χ4v) is 4.77. The molecule has 0 fully saturated rings. The molecule has 194 valence electrons. The maximum atomic E-state index is 13.2. The van der Waals surface area contributed by atoms with Gasteiger partial charge in [0.25, 0.3) is 5.56 Å². The van der Waals surface area contributed by atoms with E-state index >= 15 is 0 Å². The molecule has 0 unspecified atom stereocenters. The highest BCUT2D eigenvalue weighted by atomic mass is 16.3. The molecular weight excluding hydrogens is 464 g/mol. The lowest BCUT2D eigenvalue weighted by atomic mass is 9.99. The Kier molecular flexibility index (Phi) is 7.64. The summed E-state index contributed by atoms with van der Waals surface area (Å²) in [5, 5.41) is 11.6. The van der Waals surface area contributed by atoms with E-state index in [1.54, 1.807) is 20.0 Å². The van der Waals surface area contributed by atoms with E-state index < -0.39 is 5.60 Å². The van der Waals surface area contributed by atoms with Gasteiger partial charge in [-0.05, 0) is 67.5 Å². The topological polar surface area (TPSA) is 101 Å². The first kappa shape index (κ1) is 26.4. The number of rotatable bonds is 8. The van der Waals surface area contributed by atoms with E-state index in [1.807, 2.05) is 53.4 Å². The van der Waals surface area contributed by atoms with E-state index in [2.05, 4.69) is 18.8 Å². The summed E-state index contributed by atoms with van der Waals surface area (Å²) in [7, 11) is 0. The molecule has 7 nitrogen and oxygen atoms in total. The molecule has 37 heavy (non-hydrogen) atoms. The van der Waals surface area contributed by atoms with Gasteiger partial charge < -0.3 is 20.3 Å². The Labute approximate surface area is 217 Å². The lowest BCUT2D eigenvalue weighted by Gasteiger charge is -2.22. The predicted octanol–water partition coefficient (Wildman–Crippen LogP) is 4.86. The molecule has 0 radical (unpaired) electrons. The molecule has 7 heteroatoms. The van der Waals surface area contributed by atoms with Crippen LogP contribution in [0.2, 0.25) is 0 Å². The highest BCUT2D eigenvalue weighted by Gasteiger charge is 2.21. The second kappa shape index (κ2) is 10.7. The molecule has 0 spiro atoms. The summed E-state index contributed by atoms with van der Waals surface area (Å²) >= 11 is 0. The third kappa shape index (κ3) is 6.00. The Bertz CT molecular complexity index is 1440. The Hall–Kier alpha value is -3.71. The van der Waals surface area contributed by atoms with Crippen molar-refractivity contribution in [1.29, 1.82) is 0 Å². The first-order chi connectivity index (χ1) is 17.6. The fraction of sp³-hybridized carbons (Fsp3) is 0.367. The number of fused-ring (bicyclic) bond motifs is 2. The molecule has 3 N–H and O–H groups in total. The van der Waals surface area contributed by atoms with Crippen LogP contribution in [-0.4, -0.2) is 45.0 Å². The molecule has 2 aromatic carbocycles. The SMILES string of the molecule is CCCN(CCC)C(=O)C1=Cc2ccc(-c3ccc4ccn(CC(C)(C)O)c(=O)c4c3)cc2N=C(N)C1. The highest BCUT2D eigenvalue weighted by molar-refractivity contribution is 6.05. The number of pyridine rings is 1. The number of aliphatic imine (C=N–C) groups is 1. The number of amides is 1. The van der Waals surface area contributed by atoms with Gasteiger partial charge >= 0.3 is 0 Å². The largest absolute Gasteiger partial charge is 0.389 e. The lowest BCUT2D eigenvalue weighted by molar-refractivity contribution is -0.127. The van der Waals surface area contributed by atoms with Crippen molar-refractivity contribution in [3.05, 3.63) is 70.2 Å². The number of amidine groups is 1. The Morgan fingerprint density at radius 2 is 1.76 bits per heavy atom. The van der Waals surface area contributed by atoms with Gasteiger partial charge in [0, 0.05) is 42.2 Å². The van der Waals surface area contributed by atoms with Gasteiger partial charge in [-0.2, -0.15) is 0 Å². The minimum Gasteiger partial charge on any atom is -0.389 e. The monoisotopic (exact) mass is 500 g/mol. The zero-order chi connectivity index (χ0) is 26.7. The summed E-state index contributed by atoms with van der Waals surface area (Å²) in [6.45, 7) is 9.14. The smallest absolute Gasteiger partial charge is 0.258 e. The van der Waals surface area contributed by atoms with Crippen LogP contribution in [0.25, 0.3) is 28.0 Å². The maximum absolute atomic E-state index is 13.2. The average molecular weight is 501 g/mol. The Morgan fingerprint density at radius 3 is 2.43 bits per heavy atom. The molecule has 1 aliphatic heterocycles. The fourth-order valence-electron chi connectivity index (χ4n) is 4.77. The van der Waals surface area contributed by atoms with E-state index in [9.17, 15) is 14.7 Å².